The number of carbonyl (C=O) groups is 2. The largest absolute Gasteiger partial charge is 0.383 e. The molecule has 1 unspecified atom stereocenters. The van der Waals surface area contributed by atoms with Crippen LogP contribution in [-0.2, 0) is 9.53 Å². The molecule has 5 N–H and O–H groups in total. The Morgan fingerprint density at radius 3 is 2.43 bits per heavy atom. The molecule has 1 aliphatic carbocycles. The van der Waals surface area contributed by atoms with Crippen LogP contribution < -0.4 is 21.7 Å². The summed E-state index contributed by atoms with van der Waals surface area (Å²) in [6, 6.07) is -0.558. The number of rotatable bonds is 7. The van der Waals surface area contributed by atoms with Gasteiger partial charge in [0.25, 0.3) is 0 Å². The predicted octanol–water partition coefficient (Wildman–Crippen LogP) is 0.130. The van der Waals surface area contributed by atoms with Gasteiger partial charge in [-0.1, -0.05) is 19.3 Å². The SMILES string of the molecule is COCC(N)C(=O)NCCNC(=O)NC1CCCCC1.Cl. The van der Waals surface area contributed by atoms with Gasteiger partial charge < -0.3 is 26.4 Å². The number of hydrogen-bond acceptors (Lipinski definition) is 4. The lowest BCUT2D eigenvalue weighted by Crippen LogP contribution is -2.48. The van der Waals surface area contributed by atoms with E-state index in [0.717, 1.165) is 12.8 Å². The molecule has 1 atom stereocenters. The van der Waals surface area contributed by atoms with Crippen LogP contribution in [0.2, 0.25) is 0 Å². The Hall–Kier alpha value is -1.05. The third-order valence-corrected chi connectivity index (χ3v) is 3.33. The lowest BCUT2D eigenvalue weighted by Gasteiger charge is -2.22. The number of methoxy groups -OCH3 is 1. The Morgan fingerprint density at radius 2 is 1.81 bits per heavy atom. The highest BCUT2D eigenvalue weighted by Crippen LogP contribution is 2.16. The Bertz CT molecular complexity index is 312. The molecule has 0 spiro atoms. The van der Waals surface area contributed by atoms with Crippen LogP contribution in [-0.4, -0.2) is 50.8 Å². The smallest absolute Gasteiger partial charge is 0.315 e. The number of urea groups is 1. The number of ether oxygens (including phenoxy) is 1. The van der Waals surface area contributed by atoms with Gasteiger partial charge in [0, 0.05) is 26.2 Å². The average Bonchev–Trinajstić information content (AvgIpc) is 2.44. The van der Waals surface area contributed by atoms with Crippen molar-refractivity contribution < 1.29 is 14.3 Å². The van der Waals surface area contributed by atoms with E-state index < -0.39 is 6.04 Å². The maximum absolute atomic E-state index is 11.6. The second-order valence-electron chi connectivity index (χ2n) is 5.09. The standard InChI is InChI=1S/C13H26N4O3.ClH/c1-20-9-11(14)12(18)15-7-8-16-13(19)17-10-5-3-2-4-6-10;/h10-11H,2-9,14H2,1H3,(H,15,18)(H2,16,17,19);1H. The van der Waals surface area contributed by atoms with E-state index in [1.165, 1.54) is 26.4 Å². The first-order valence-corrected chi connectivity index (χ1v) is 7.20. The summed E-state index contributed by atoms with van der Waals surface area (Å²) < 4.78 is 4.79. The van der Waals surface area contributed by atoms with Crippen molar-refractivity contribution in [2.45, 2.75) is 44.2 Å². The van der Waals surface area contributed by atoms with Gasteiger partial charge in [-0.15, -0.1) is 12.4 Å². The van der Waals surface area contributed by atoms with E-state index in [9.17, 15) is 9.59 Å². The minimum absolute atomic E-state index is 0. The second-order valence-corrected chi connectivity index (χ2v) is 5.09. The molecule has 0 aromatic heterocycles. The molecule has 3 amide bonds. The molecule has 0 saturated heterocycles. The van der Waals surface area contributed by atoms with E-state index in [4.69, 9.17) is 10.5 Å². The first kappa shape index (κ1) is 19.9. The maximum atomic E-state index is 11.6. The van der Waals surface area contributed by atoms with Gasteiger partial charge in [-0.25, -0.2) is 4.79 Å². The van der Waals surface area contributed by atoms with Gasteiger partial charge in [0.2, 0.25) is 5.91 Å². The van der Waals surface area contributed by atoms with Crippen LogP contribution in [0.4, 0.5) is 4.79 Å². The highest BCUT2D eigenvalue weighted by atomic mass is 35.5. The molecule has 1 saturated carbocycles. The van der Waals surface area contributed by atoms with E-state index in [1.807, 2.05) is 0 Å². The van der Waals surface area contributed by atoms with Crippen molar-refractivity contribution in [3.05, 3.63) is 0 Å². The predicted molar refractivity (Wildman–Crippen MR) is 83.5 cm³/mol. The van der Waals surface area contributed by atoms with Crippen molar-refractivity contribution in [2.75, 3.05) is 26.8 Å². The van der Waals surface area contributed by atoms with Crippen molar-refractivity contribution in [3.8, 4) is 0 Å². The minimum Gasteiger partial charge on any atom is -0.383 e. The molecule has 0 aliphatic heterocycles. The molecule has 7 nitrogen and oxygen atoms in total. The van der Waals surface area contributed by atoms with Crippen molar-refractivity contribution in [2.24, 2.45) is 5.73 Å². The van der Waals surface area contributed by atoms with Gasteiger partial charge in [0.1, 0.15) is 6.04 Å². The van der Waals surface area contributed by atoms with Crippen LogP contribution in [0.25, 0.3) is 0 Å². The monoisotopic (exact) mass is 322 g/mol. The van der Waals surface area contributed by atoms with Crippen LogP contribution in [0.3, 0.4) is 0 Å². The Morgan fingerprint density at radius 1 is 1.19 bits per heavy atom. The van der Waals surface area contributed by atoms with E-state index in [-0.39, 0.29) is 37.0 Å². The van der Waals surface area contributed by atoms with Crippen molar-refractivity contribution in [1.29, 1.82) is 0 Å². The number of nitrogens with two attached hydrogens (primary N) is 1. The van der Waals surface area contributed by atoms with Crippen LogP contribution in [0.1, 0.15) is 32.1 Å². The molecule has 1 fully saturated rings. The zero-order chi connectivity index (χ0) is 14.8. The van der Waals surface area contributed by atoms with Gasteiger partial charge in [-0.05, 0) is 12.8 Å². The normalized spacial score (nSPS) is 16.5. The molecule has 0 heterocycles. The number of carbonyl (C=O) groups excluding carboxylic acids is 2. The maximum Gasteiger partial charge on any atom is 0.315 e. The van der Waals surface area contributed by atoms with Gasteiger partial charge in [-0.2, -0.15) is 0 Å². The van der Waals surface area contributed by atoms with Crippen LogP contribution >= 0.6 is 12.4 Å². The summed E-state index contributed by atoms with van der Waals surface area (Å²) in [5.41, 5.74) is 5.56. The third kappa shape index (κ3) is 8.75. The number of amides is 3. The Labute approximate surface area is 132 Å². The molecule has 0 bridgehead atoms. The van der Waals surface area contributed by atoms with Gasteiger partial charge in [-0.3, -0.25) is 4.79 Å². The summed E-state index contributed by atoms with van der Waals surface area (Å²) in [6.07, 6.45) is 5.72. The first-order valence-electron chi connectivity index (χ1n) is 7.20. The summed E-state index contributed by atoms with van der Waals surface area (Å²) in [7, 11) is 1.49. The molecular weight excluding hydrogens is 296 g/mol. The molecule has 1 aliphatic rings. The van der Waals surface area contributed by atoms with E-state index in [2.05, 4.69) is 16.0 Å². The summed E-state index contributed by atoms with van der Waals surface area (Å²) in [5, 5.41) is 8.30. The Balaban J connectivity index is 0.00000400. The molecule has 0 aromatic rings. The molecule has 21 heavy (non-hydrogen) atoms. The minimum atomic E-state index is -0.670. The van der Waals surface area contributed by atoms with Gasteiger partial charge in [0.15, 0.2) is 0 Å². The first-order chi connectivity index (χ1) is 9.63. The highest BCUT2D eigenvalue weighted by molar-refractivity contribution is 5.85. The van der Waals surface area contributed by atoms with Crippen molar-refractivity contribution >= 4 is 24.3 Å². The van der Waals surface area contributed by atoms with Crippen molar-refractivity contribution in [3.63, 3.8) is 0 Å². The van der Waals surface area contributed by atoms with E-state index in [1.54, 1.807) is 0 Å². The van der Waals surface area contributed by atoms with E-state index >= 15 is 0 Å². The fraction of sp³-hybridized carbons (Fsp3) is 0.846. The van der Waals surface area contributed by atoms with Crippen molar-refractivity contribution in [1.82, 2.24) is 16.0 Å². The van der Waals surface area contributed by atoms with Gasteiger partial charge in [0.05, 0.1) is 6.61 Å². The second kappa shape index (κ2) is 11.6. The van der Waals surface area contributed by atoms with E-state index in [0.29, 0.717) is 13.1 Å². The fourth-order valence-corrected chi connectivity index (χ4v) is 2.23. The molecular formula is C13H27ClN4O3. The number of halogens is 1. The molecule has 0 radical (unpaired) electrons. The topological polar surface area (TPSA) is 105 Å². The lowest BCUT2D eigenvalue weighted by atomic mass is 9.96. The summed E-state index contributed by atoms with van der Waals surface area (Å²) in [5.74, 6) is -0.277. The zero-order valence-electron chi connectivity index (χ0n) is 12.5. The van der Waals surface area contributed by atoms with Crippen LogP contribution in [0, 0.1) is 0 Å². The number of nitrogens with one attached hydrogen (secondary N) is 3. The van der Waals surface area contributed by atoms with Crippen LogP contribution in [0.15, 0.2) is 0 Å². The summed E-state index contributed by atoms with van der Waals surface area (Å²) in [6.45, 7) is 0.916. The summed E-state index contributed by atoms with van der Waals surface area (Å²) in [4.78, 5) is 23.1. The highest BCUT2D eigenvalue weighted by Gasteiger charge is 2.15. The molecule has 0 aromatic carbocycles. The Kier molecular flexibility index (Phi) is 11.0. The lowest BCUT2D eigenvalue weighted by molar-refractivity contribution is -0.123. The number of hydrogen-bond donors (Lipinski definition) is 4. The van der Waals surface area contributed by atoms with Gasteiger partial charge >= 0.3 is 6.03 Å². The van der Waals surface area contributed by atoms with Crippen LogP contribution in [0.5, 0.6) is 0 Å². The quantitative estimate of drug-likeness (QED) is 0.500. The summed E-state index contributed by atoms with van der Waals surface area (Å²) >= 11 is 0. The third-order valence-electron chi connectivity index (χ3n) is 3.33. The zero-order valence-corrected chi connectivity index (χ0v) is 13.3. The molecule has 8 heteroatoms. The molecule has 124 valence electrons. The average molecular weight is 323 g/mol. The molecule has 1 rings (SSSR count). The fourth-order valence-electron chi connectivity index (χ4n) is 2.23.